The van der Waals surface area contributed by atoms with Crippen LogP contribution in [0.1, 0.15) is 31.2 Å². The lowest BCUT2D eigenvalue weighted by Crippen LogP contribution is -2.05. The number of halogens is 1. The highest BCUT2D eigenvalue weighted by Gasteiger charge is 2.12. The molecule has 0 radical (unpaired) electrons. The van der Waals surface area contributed by atoms with Crippen LogP contribution in [0.15, 0.2) is 34.2 Å². The highest BCUT2D eigenvalue weighted by Crippen LogP contribution is 2.32. The van der Waals surface area contributed by atoms with E-state index in [4.69, 9.17) is 17.3 Å². The molecule has 100 valence electrons. The summed E-state index contributed by atoms with van der Waals surface area (Å²) in [6.07, 6.45) is 0. The summed E-state index contributed by atoms with van der Waals surface area (Å²) in [7, 11) is 0. The molecular formula is C14H16ClN3S. The summed E-state index contributed by atoms with van der Waals surface area (Å²) >= 11 is 7.46. The number of hydrogen-bond donors (Lipinski definition) is 1. The summed E-state index contributed by atoms with van der Waals surface area (Å²) in [4.78, 5) is 9.99. The van der Waals surface area contributed by atoms with Crippen molar-refractivity contribution >= 4 is 29.2 Å². The van der Waals surface area contributed by atoms with Crippen LogP contribution < -0.4 is 5.73 Å². The van der Waals surface area contributed by atoms with Crippen LogP contribution in [0.4, 0.5) is 5.82 Å². The molecule has 19 heavy (non-hydrogen) atoms. The molecule has 0 aliphatic carbocycles. The Morgan fingerprint density at radius 3 is 2.37 bits per heavy atom. The zero-order chi connectivity index (χ0) is 14.0. The first-order valence-corrected chi connectivity index (χ1v) is 7.24. The molecule has 0 aliphatic rings. The number of aromatic nitrogens is 2. The Morgan fingerprint density at radius 1 is 1.16 bits per heavy atom. The highest BCUT2D eigenvalue weighted by atomic mass is 35.5. The molecule has 2 N–H and O–H groups in total. The van der Waals surface area contributed by atoms with Gasteiger partial charge in [-0.3, -0.25) is 0 Å². The van der Waals surface area contributed by atoms with Gasteiger partial charge in [-0.05, 0) is 31.2 Å². The van der Waals surface area contributed by atoms with Gasteiger partial charge in [0.05, 0.1) is 0 Å². The second-order valence-corrected chi connectivity index (χ2v) is 6.11. The monoisotopic (exact) mass is 293 g/mol. The van der Waals surface area contributed by atoms with Crippen LogP contribution in [0.5, 0.6) is 0 Å². The van der Waals surface area contributed by atoms with Gasteiger partial charge in [-0.1, -0.05) is 37.2 Å². The number of benzene rings is 1. The number of nitrogen functional groups attached to an aromatic ring is 1. The van der Waals surface area contributed by atoms with E-state index in [1.54, 1.807) is 11.8 Å². The molecule has 0 spiro atoms. The molecular weight excluding hydrogens is 278 g/mol. The molecule has 0 unspecified atom stereocenters. The maximum absolute atomic E-state index is 5.95. The van der Waals surface area contributed by atoms with Gasteiger partial charge in [0.2, 0.25) is 0 Å². The zero-order valence-corrected chi connectivity index (χ0v) is 12.7. The van der Waals surface area contributed by atoms with Crippen molar-refractivity contribution < 1.29 is 0 Å². The number of hydrogen-bond acceptors (Lipinski definition) is 4. The van der Waals surface area contributed by atoms with E-state index >= 15 is 0 Å². The molecule has 0 bridgehead atoms. The van der Waals surface area contributed by atoms with Gasteiger partial charge in [-0.15, -0.1) is 0 Å². The van der Waals surface area contributed by atoms with E-state index in [2.05, 4.69) is 23.8 Å². The minimum Gasteiger partial charge on any atom is -0.383 e. The Hall–Kier alpha value is -1.26. The maximum atomic E-state index is 5.95. The van der Waals surface area contributed by atoms with Crippen LogP contribution in [0.2, 0.25) is 5.02 Å². The number of anilines is 1. The van der Waals surface area contributed by atoms with E-state index in [1.807, 2.05) is 31.2 Å². The van der Waals surface area contributed by atoms with E-state index < -0.39 is 0 Å². The van der Waals surface area contributed by atoms with E-state index in [1.165, 1.54) is 0 Å². The van der Waals surface area contributed by atoms with Crippen molar-refractivity contribution in [2.45, 2.75) is 36.6 Å². The van der Waals surface area contributed by atoms with E-state index in [0.717, 1.165) is 26.3 Å². The second-order valence-electron chi connectivity index (χ2n) is 4.61. The predicted molar refractivity (Wildman–Crippen MR) is 80.8 cm³/mol. The third-order valence-corrected chi connectivity index (χ3v) is 4.05. The fourth-order valence-corrected chi connectivity index (χ4v) is 2.52. The summed E-state index contributed by atoms with van der Waals surface area (Å²) in [5, 5.41) is 1.63. The normalized spacial score (nSPS) is 11.0. The van der Waals surface area contributed by atoms with Crippen molar-refractivity contribution in [1.82, 2.24) is 9.97 Å². The standard InChI is InChI=1S/C14H16ClN3S/c1-8(2)13-17-12(16)9(3)14(18-13)19-11-6-4-10(15)5-7-11/h4-8H,1-3H3,(H2,16,17,18). The Kier molecular flexibility index (Phi) is 4.32. The summed E-state index contributed by atoms with van der Waals surface area (Å²) in [5.41, 5.74) is 6.87. The van der Waals surface area contributed by atoms with Gasteiger partial charge in [-0.2, -0.15) is 0 Å². The summed E-state index contributed by atoms with van der Waals surface area (Å²) in [6, 6.07) is 7.68. The summed E-state index contributed by atoms with van der Waals surface area (Å²) in [6.45, 7) is 6.05. The van der Waals surface area contributed by atoms with E-state index in [9.17, 15) is 0 Å². The van der Waals surface area contributed by atoms with Crippen molar-refractivity contribution in [3.8, 4) is 0 Å². The smallest absolute Gasteiger partial charge is 0.134 e. The average molecular weight is 294 g/mol. The third-order valence-electron chi connectivity index (χ3n) is 2.70. The Morgan fingerprint density at radius 2 is 1.79 bits per heavy atom. The Balaban J connectivity index is 2.36. The molecule has 2 aromatic rings. The minimum absolute atomic E-state index is 0.257. The predicted octanol–water partition coefficient (Wildman–Crippen LogP) is 4.30. The molecule has 2 rings (SSSR count). The number of nitrogens with zero attached hydrogens (tertiary/aromatic N) is 2. The largest absolute Gasteiger partial charge is 0.383 e. The topological polar surface area (TPSA) is 51.8 Å². The number of rotatable bonds is 3. The fourth-order valence-electron chi connectivity index (χ4n) is 1.50. The fraction of sp³-hybridized carbons (Fsp3) is 0.286. The summed E-state index contributed by atoms with van der Waals surface area (Å²) < 4.78 is 0. The Bertz CT molecular complexity index is 582. The van der Waals surface area contributed by atoms with Crippen molar-refractivity contribution in [3.63, 3.8) is 0 Å². The molecule has 1 heterocycles. The quantitative estimate of drug-likeness (QED) is 0.858. The third kappa shape index (κ3) is 3.39. The van der Waals surface area contributed by atoms with Gasteiger partial charge in [0.1, 0.15) is 16.7 Å². The van der Waals surface area contributed by atoms with Gasteiger partial charge < -0.3 is 5.73 Å². The van der Waals surface area contributed by atoms with Gasteiger partial charge in [0.15, 0.2) is 0 Å². The summed E-state index contributed by atoms with van der Waals surface area (Å²) in [5.74, 6) is 1.59. The van der Waals surface area contributed by atoms with Crippen LogP contribution in [-0.4, -0.2) is 9.97 Å². The molecule has 0 saturated heterocycles. The molecule has 1 aromatic heterocycles. The lowest BCUT2D eigenvalue weighted by Gasteiger charge is -2.11. The van der Waals surface area contributed by atoms with Crippen LogP contribution in [0.3, 0.4) is 0 Å². The molecule has 3 nitrogen and oxygen atoms in total. The van der Waals surface area contributed by atoms with Crippen LogP contribution in [0, 0.1) is 6.92 Å². The number of nitrogens with two attached hydrogens (primary N) is 1. The first kappa shape index (κ1) is 14.2. The zero-order valence-electron chi connectivity index (χ0n) is 11.1. The second kappa shape index (κ2) is 5.80. The SMILES string of the molecule is Cc1c(N)nc(C(C)C)nc1Sc1ccc(Cl)cc1. The van der Waals surface area contributed by atoms with E-state index in [0.29, 0.717) is 5.82 Å². The van der Waals surface area contributed by atoms with Gasteiger partial charge in [0.25, 0.3) is 0 Å². The molecule has 1 aromatic carbocycles. The first-order valence-electron chi connectivity index (χ1n) is 6.05. The molecule has 0 aliphatic heterocycles. The van der Waals surface area contributed by atoms with Crippen LogP contribution in [-0.2, 0) is 0 Å². The lowest BCUT2D eigenvalue weighted by atomic mass is 10.2. The molecule has 0 fully saturated rings. The van der Waals surface area contributed by atoms with Gasteiger partial charge in [0, 0.05) is 21.4 Å². The molecule has 0 atom stereocenters. The average Bonchev–Trinajstić information content (AvgIpc) is 2.37. The Labute approximate surface area is 122 Å². The maximum Gasteiger partial charge on any atom is 0.134 e. The first-order chi connectivity index (χ1) is 8.97. The van der Waals surface area contributed by atoms with E-state index in [-0.39, 0.29) is 5.92 Å². The van der Waals surface area contributed by atoms with Gasteiger partial charge in [-0.25, -0.2) is 9.97 Å². The van der Waals surface area contributed by atoms with Crippen LogP contribution in [0.25, 0.3) is 0 Å². The van der Waals surface area contributed by atoms with Crippen molar-refractivity contribution in [3.05, 3.63) is 40.7 Å². The highest BCUT2D eigenvalue weighted by molar-refractivity contribution is 7.99. The van der Waals surface area contributed by atoms with Gasteiger partial charge >= 0.3 is 0 Å². The van der Waals surface area contributed by atoms with Crippen molar-refractivity contribution in [2.24, 2.45) is 0 Å². The van der Waals surface area contributed by atoms with Crippen molar-refractivity contribution in [1.29, 1.82) is 0 Å². The van der Waals surface area contributed by atoms with Crippen LogP contribution >= 0.6 is 23.4 Å². The molecule has 0 saturated carbocycles. The molecule has 0 amide bonds. The minimum atomic E-state index is 0.257. The lowest BCUT2D eigenvalue weighted by molar-refractivity contribution is 0.751. The van der Waals surface area contributed by atoms with Crippen molar-refractivity contribution in [2.75, 3.05) is 5.73 Å². The molecule has 5 heteroatoms.